The Morgan fingerprint density at radius 2 is 1.79 bits per heavy atom. The van der Waals surface area contributed by atoms with Gasteiger partial charge in [0.2, 0.25) is 11.8 Å². The average Bonchev–Trinajstić information content (AvgIpc) is 2.69. The van der Waals surface area contributed by atoms with E-state index in [0.29, 0.717) is 22.7 Å². The number of para-hydroxylation sites is 2. The van der Waals surface area contributed by atoms with E-state index >= 15 is 0 Å². The quantitative estimate of drug-likeness (QED) is 0.660. The van der Waals surface area contributed by atoms with Crippen LogP contribution in [-0.2, 0) is 14.4 Å². The highest BCUT2D eigenvalue weighted by Gasteiger charge is 2.26. The molecule has 1 aliphatic rings. The van der Waals surface area contributed by atoms with Crippen molar-refractivity contribution in [2.75, 3.05) is 29.9 Å². The first-order valence-electron chi connectivity index (χ1n) is 8.42. The number of ether oxygens (including phenoxy) is 1. The number of hydrogen-bond acceptors (Lipinski definition) is 5. The van der Waals surface area contributed by atoms with Crippen LogP contribution in [-0.4, -0.2) is 43.3 Å². The molecule has 3 rings (SSSR count). The first-order valence-corrected chi connectivity index (χ1v) is 8.42. The number of rotatable bonds is 6. The van der Waals surface area contributed by atoms with Crippen LogP contribution in [0.15, 0.2) is 48.5 Å². The summed E-state index contributed by atoms with van der Waals surface area (Å²) < 4.78 is 5.35. The molecule has 28 heavy (non-hydrogen) atoms. The number of primary amides is 1. The maximum Gasteiger partial charge on any atom is 0.265 e. The third-order valence-corrected chi connectivity index (χ3v) is 3.96. The standard InChI is InChI=1S/C19H18N4O5/c20-16(24)9-21-19(27)12-5-7-13(8-6-12)22-17(25)10-23-14-3-1-2-4-15(14)28-11-18(23)26/h1-8H,9-11H2,(H2,20,24)(H,21,27)(H,22,25). The predicted molar refractivity (Wildman–Crippen MR) is 101 cm³/mol. The zero-order valence-corrected chi connectivity index (χ0v) is 14.8. The van der Waals surface area contributed by atoms with E-state index in [1.807, 2.05) is 0 Å². The van der Waals surface area contributed by atoms with Gasteiger partial charge < -0.3 is 21.1 Å². The molecular weight excluding hydrogens is 364 g/mol. The van der Waals surface area contributed by atoms with Crippen molar-refractivity contribution in [1.82, 2.24) is 5.32 Å². The van der Waals surface area contributed by atoms with E-state index in [1.54, 1.807) is 36.4 Å². The molecule has 0 fully saturated rings. The number of nitrogens with zero attached hydrogens (tertiary/aromatic N) is 1. The summed E-state index contributed by atoms with van der Waals surface area (Å²) in [6.07, 6.45) is 0. The Balaban J connectivity index is 1.62. The summed E-state index contributed by atoms with van der Waals surface area (Å²) in [4.78, 5) is 48.4. The highest BCUT2D eigenvalue weighted by molar-refractivity contribution is 6.05. The van der Waals surface area contributed by atoms with Crippen LogP contribution in [0.3, 0.4) is 0 Å². The summed E-state index contributed by atoms with van der Waals surface area (Å²) in [5.41, 5.74) is 6.29. The van der Waals surface area contributed by atoms with Crippen LogP contribution in [0.5, 0.6) is 5.75 Å². The third-order valence-electron chi connectivity index (χ3n) is 3.96. The van der Waals surface area contributed by atoms with Crippen molar-refractivity contribution < 1.29 is 23.9 Å². The lowest BCUT2D eigenvalue weighted by Gasteiger charge is -2.28. The molecule has 9 heteroatoms. The highest BCUT2D eigenvalue weighted by atomic mass is 16.5. The molecule has 4 amide bonds. The van der Waals surface area contributed by atoms with Crippen LogP contribution in [0.4, 0.5) is 11.4 Å². The number of benzene rings is 2. The van der Waals surface area contributed by atoms with Gasteiger partial charge in [-0.1, -0.05) is 12.1 Å². The number of amides is 4. The number of carbonyl (C=O) groups is 4. The van der Waals surface area contributed by atoms with E-state index in [0.717, 1.165) is 0 Å². The Hall–Kier alpha value is -3.88. The van der Waals surface area contributed by atoms with Crippen LogP contribution in [0.2, 0.25) is 0 Å². The first-order chi connectivity index (χ1) is 13.4. The van der Waals surface area contributed by atoms with E-state index in [2.05, 4.69) is 10.6 Å². The van der Waals surface area contributed by atoms with Crippen LogP contribution in [0.25, 0.3) is 0 Å². The lowest BCUT2D eigenvalue weighted by atomic mass is 10.2. The van der Waals surface area contributed by atoms with E-state index in [1.165, 1.54) is 17.0 Å². The molecule has 9 nitrogen and oxygen atoms in total. The lowest BCUT2D eigenvalue weighted by Crippen LogP contribution is -2.43. The van der Waals surface area contributed by atoms with Crippen LogP contribution < -0.4 is 26.0 Å². The fourth-order valence-electron chi connectivity index (χ4n) is 2.65. The Bertz CT molecular complexity index is 926. The Labute approximate surface area is 160 Å². The third kappa shape index (κ3) is 4.44. The molecule has 0 radical (unpaired) electrons. The van der Waals surface area contributed by atoms with Gasteiger partial charge in [-0.25, -0.2) is 0 Å². The topological polar surface area (TPSA) is 131 Å². The Morgan fingerprint density at radius 1 is 1.07 bits per heavy atom. The Morgan fingerprint density at radius 3 is 2.50 bits per heavy atom. The molecule has 0 bridgehead atoms. The summed E-state index contributed by atoms with van der Waals surface area (Å²) in [5.74, 6) is -1.25. The maximum absolute atomic E-state index is 12.4. The molecule has 2 aromatic carbocycles. The van der Waals surface area contributed by atoms with Gasteiger partial charge in [0.15, 0.2) is 6.61 Å². The number of hydrogen-bond donors (Lipinski definition) is 3. The largest absolute Gasteiger partial charge is 0.482 e. The van der Waals surface area contributed by atoms with Crippen molar-refractivity contribution in [2.24, 2.45) is 5.73 Å². The molecule has 0 atom stereocenters. The van der Waals surface area contributed by atoms with Gasteiger partial charge in [-0.05, 0) is 36.4 Å². The minimum absolute atomic E-state index is 0.126. The summed E-state index contributed by atoms with van der Waals surface area (Å²) in [6, 6.07) is 13.1. The van der Waals surface area contributed by atoms with Crippen molar-refractivity contribution in [3.05, 3.63) is 54.1 Å². The smallest absolute Gasteiger partial charge is 0.265 e. The monoisotopic (exact) mass is 382 g/mol. The summed E-state index contributed by atoms with van der Waals surface area (Å²) in [5, 5.41) is 5.05. The minimum atomic E-state index is -0.642. The molecule has 4 N–H and O–H groups in total. The fraction of sp³-hybridized carbons (Fsp3) is 0.158. The number of nitrogens with one attached hydrogen (secondary N) is 2. The normalized spacial score (nSPS) is 12.6. The van der Waals surface area contributed by atoms with Crippen LogP contribution in [0.1, 0.15) is 10.4 Å². The predicted octanol–water partition coefficient (Wildman–Crippen LogP) is 0.266. The van der Waals surface area contributed by atoms with Crippen molar-refractivity contribution in [1.29, 1.82) is 0 Å². The number of anilines is 2. The second-order valence-electron chi connectivity index (χ2n) is 6.01. The molecule has 0 aliphatic carbocycles. The summed E-state index contributed by atoms with van der Waals surface area (Å²) in [7, 11) is 0. The van der Waals surface area contributed by atoms with E-state index in [-0.39, 0.29) is 25.6 Å². The Kier molecular flexibility index (Phi) is 5.54. The van der Waals surface area contributed by atoms with Crippen LogP contribution in [0, 0.1) is 0 Å². The van der Waals surface area contributed by atoms with Gasteiger partial charge in [0, 0.05) is 11.3 Å². The van der Waals surface area contributed by atoms with Gasteiger partial charge in [0.1, 0.15) is 12.3 Å². The highest BCUT2D eigenvalue weighted by Crippen LogP contribution is 2.31. The van der Waals surface area contributed by atoms with Gasteiger partial charge in [-0.2, -0.15) is 0 Å². The molecule has 0 saturated heterocycles. The molecule has 1 aliphatic heterocycles. The molecular formula is C19H18N4O5. The van der Waals surface area contributed by atoms with Gasteiger partial charge in [-0.15, -0.1) is 0 Å². The number of carbonyl (C=O) groups excluding carboxylic acids is 4. The zero-order valence-electron chi connectivity index (χ0n) is 14.8. The number of nitrogens with two attached hydrogens (primary N) is 1. The maximum atomic E-state index is 12.4. The molecule has 0 aromatic heterocycles. The minimum Gasteiger partial charge on any atom is -0.482 e. The SMILES string of the molecule is NC(=O)CNC(=O)c1ccc(NC(=O)CN2C(=O)COc3ccccc32)cc1. The fourth-order valence-corrected chi connectivity index (χ4v) is 2.65. The average molecular weight is 382 g/mol. The van der Waals surface area contributed by atoms with Crippen molar-refractivity contribution in [2.45, 2.75) is 0 Å². The second kappa shape index (κ2) is 8.21. The van der Waals surface area contributed by atoms with Gasteiger partial charge in [0.05, 0.1) is 12.2 Å². The van der Waals surface area contributed by atoms with Gasteiger partial charge >= 0.3 is 0 Å². The molecule has 144 valence electrons. The molecule has 1 heterocycles. The summed E-state index contributed by atoms with van der Waals surface area (Å²) in [6.45, 7) is -0.550. The first kappa shape index (κ1) is 18.9. The van der Waals surface area contributed by atoms with E-state index < -0.39 is 17.7 Å². The number of fused-ring (bicyclic) bond motifs is 1. The molecule has 0 unspecified atom stereocenters. The lowest BCUT2D eigenvalue weighted by molar-refractivity contribution is -0.123. The second-order valence-corrected chi connectivity index (χ2v) is 6.01. The van der Waals surface area contributed by atoms with Crippen LogP contribution >= 0.6 is 0 Å². The zero-order chi connectivity index (χ0) is 20.1. The molecule has 0 spiro atoms. The van der Waals surface area contributed by atoms with E-state index in [9.17, 15) is 19.2 Å². The van der Waals surface area contributed by atoms with Crippen molar-refractivity contribution >= 4 is 35.0 Å². The molecule has 2 aromatic rings. The van der Waals surface area contributed by atoms with Crippen molar-refractivity contribution in [3.63, 3.8) is 0 Å². The van der Waals surface area contributed by atoms with Crippen molar-refractivity contribution in [3.8, 4) is 5.75 Å². The summed E-state index contributed by atoms with van der Waals surface area (Å²) >= 11 is 0. The van der Waals surface area contributed by atoms with Gasteiger partial charge in [-0.3, -0.25) is 24.1 Å². The molecule has 0 saturated carbocycles. The van der Waals surface area contributed by atoms with Gasteiger partial charge in [0.25, 0.3) is 11.8 Å². The van der Waals surface area contributed by atoms with E-state index in [4.69, 9.17) is 10.5 Å².